The van der Waals surface area contributed by atoms with Crippen LogP contribution in [0.3, 0.4) is 0 Å². The van der Waals surface area contributed by atoms with E-state index in [9.17, 15) is 9.59 Å². The Hall–Kier alpha value is -1.41. The van der Waals surface area contributed by atoms with Crippen molar-refractivity contribution in [1.82, 2.24) is 0 Å². The first-order chi connectivity index (χ1) is 12.5. The summed E-state index contributed by atoms with van der Waals surface area (Å²) in [5, 5.41) is 5.54. The van der Waals surface area contributed by atoms with Crippen LogP contribution in [-0.4, -0.2) is 23.3 Å². The molecule has 27 heavy (non-hydrogen) atoms. The number of carbonyl (C=O) groups is 2. The Morgan fingerprint density at radius 2 is 1.07 bits per heavy atom. The van der Waals surface area contributed by atoms with Crippen LogP contribution >= 0.6 is 0 Å². The molecular weight excluding hydrogens is 423 g/mol. The second-order valence-electron chi connectivity index (χ2n) is 5.41. The van der Waals surface area contributed by atoms with Crippen molar-refractivity contribution in [3.05, 3.63) is 59.7 Å². The van der Waals surface area contributed by atoms with Gasteiger partial charge in [0.05, 0.1) is 0 Å². The molecule has 2 aromatic rings. The molecule has 147 valence electrons. The van der Waals surface area contributed by atoms with Gasteiger partial charge in [-0.05, 0) is 36.1 Å². The van der Waals surface area contributed by atoms with Crippen molar-refractivity contribution in [2.75, 3.05) is 22.1 Å². The number of nitrogens with one attached hydrogen (secondary N) is 2. The van der Waals surface area contributed by atoms with Crippen LogP contribution in [0.15, 0.2) is 48.5 Å². The fourth-order valence-electron chi connectivity index (χ4n) is 2.27. The van der Waals surface area contributed by atoms with E-state index >= 15 is 0 Å². The molecule has 0 aliphatic carbocycles. The summed E-state index contributed by atoms with van der Waals surface area (Å²) in [6.07, 6.45) is 1.82. The second-order valence-corrected chi connectivity index (χ2v) is 5.98. The monoisotopic (exact) mass is 447 g/mol. The summed E-state index contributed by atoms with van der Waals surface area (Å²) in [4.78, 5) is 22.1. The van der Waals surface area contributed by atoms with Gasteiger partial charge in [-0.15, -0.1) is 0 Å². The fraction of sp³-hybridized carbons (Fsp3) is 0.300. The Kier molecular flexibility index (Phi) is 13.9. The van der Waals surface area contributed by atoms with E-state index in [2.05, 4.69) is 49.7 Å². The van der Waals surface area contributed by atoms with Gasteiger partial charge in [-0.1, -0.05) is 61.8 Å². The van der Waals surface area contributed by atoms with Crippen LogP contribution in [0.1, 0.15) is 25.0 Å². The van der Waals surface area contributed by atoms with Gasteiger partial charge >= 0.3 is 16.8 Å². The molecule has 0 aromatic heterocycles. The standard InChI is InChI=1S/2C10H13NOS.Co/c2*1-2-8-5-3-4-6-9(8)11-10(12)7-13;/h2*3-6,13H,2,7H2,1H3,(H,11,12);/q;;+2/p-2. The number of hydrogen-bond acceptors (Lipinski definition) is 4. The third-order valence-electron chi connectivity index (χ3n) is 3.61. The smallest absolute Gasteiger partial charge is 0.783 e. The van der Waals surface area contributed by atoms with Gasteiger partial charge in [0.25, 0.3) is 0 Å². The number of aryl methyl sites for hydroxylation is 2. The first-order valence-corrected chi connectivity index (χ1v) is 9.62. The number of rotatable bonds is 6. The maximum atomic E-state index is 11.0. The summed E-state index contributed by atoms with van der Waals surface area (Å²) in [5.41, 5.74) is 4.03. The molecule has 0 aliphatic rings. The molecule has 0 aliphatic heterocycles. The van der Waals surface area contributed by atoms with Crippen LogP contribution in [0.4, 0.5) is 11.4 Å². The summed E-state index contributed by atoms with van der Waals surface area (Å²) >= 11 is 9.28. The summed E-state index contributed by atoms with van der Waals surface area (Å²) in [5.74, 6) is -0.0115. The van der Waals surface area contributed by atoms with E-state index in [1.54, 1.807) is 0 Å². The maximum absolute atomic E-state index is 11.0. The van der Waals surface area contributed by atoms with Crippen LogP contribution in [0, 0.1) is 0 Å². The van der Waals surface area contributed by atoms with Gasteiger partial charge in [-0.2, -0.15) is 0 Å². The number of amides is 2. The van der Waals surface area contributed by atoms with Crippen molar-refractivity contribution in [3.63, 3.8) is 0 Å². The van der Waals surface area contributed by atoms with Crippen molar-refractivity contribution in [2.45, 2.75) is 26.7 Å². The summed E-state index contributed by atoms with van der Waals surface area (Å²) in [7, 11) is 0. The predicted molar refractivity (Wildman–Crippen MR) is 113 cm³/mol. The van der Waals surface area contributed by atoms with E-state index in [4.69, 9.17) is 0 Å². The van der Waals surface area contributed by atoms with Gasteiger partial charge < -0.3 is 35.9 Å². The van der Waals surface area contributed by atoms with Gasteiger partial charge in [0.15, 0.2) is 11.8 Å². The fourth-order valence-corrected chi connectivity index (χ4v) is 2.42. The average molecular weight is 447 g/mol. The minimum absolute atomic E-state index is 0. The molecule has 2 aromatic carbocycles. The minimum Gasteiger partial charge on any atom is -0.783 e. The van der Waals surface area contributed by atoms with Crippen molar-refractivity contribution in [3.8, 4) is 0 Å². The summed E-state index contributed by atoms with van der Waals surface area (Å²) in [6, 6.07) is 15.5. The van der Waals surface area contributed by atoms with Crippen LogP contribution in [-0.2, 0) is 64.5 Å². The van der Waals surface area contributed by atoms with Gasteiger partial charge in [0.2, 0.25) is 0 Å². The molecule has 2 rings (SSSR count). The average Bonchev–Trinajstić information content (AvgIpc) is 2.69. The summed E-state index contributed by atoms with van der Waals surface area (Å²) < 4.78 is 0. The van der Waals surface area contributed by atoms with Gasteiger partial charge in [0, 0.05) is 11.4 Å². The minimum atomic E-state index is -0.115. The maximum Gasteiger partial charge on any atom is 2.00 e. The zero-order chi connectivity index (χ0) is 19.4. The van der Waals surface area contributed by atoms with E-state index in [1.807, 2.05) is 48.5 Å². The zero-order valence-corrected chi connectivity index (χ0v) is 18.1. The summed E-state index contributed by atoms with van der Waals surface area (Å²) in [6.45, 7) is 4.11. The van der Waals surface area contributed by atoms with E-state index in [0.717, 1.165) is 35.3 Å². The predicted octanol–water partition coefficient (Wildman–Crippen LogP) is 3.47. The van der Waals surface area contributed by atoms with E-state index in [1.165, 1.54) is 0 Å². The van der Waals surface area contributed by atoms with Gasteiger partial charge in [-0.3, -0.25) is 9.59 Å². The molecule has 0 bridgehead atoms. The van der Waals surface area contributed by atoms with Crippen molar-refractivity contribution < 1.29 is 26.4 Å². The number of hydrogen-bond donors (Lipinski definition) is 2. The third-order valence-corrected chi connectivity index (χ3v) is 4.13. The van der Waals surface area contributed by atoms with E-state index < -0.39 is 0 Å². The molecule has 2 N–H and O–H groups in total. The van der Waals surface area contributed by atoms with E-state index in [0.29, 0.717) is 0 Å². The van der Waals surface area contributed by atoms with Crippen molar-refractivity contribution in [1.29, 1.82) is 0 Å². The molecule has 0 heterocycles. The quantitative estimate of drug-likeness (QED) is 0.666. The molecule has 0 saturated carbocycles. The van der Waals surface area contributed by atoms with Crippen LogP contribution < -0.4 is 10.6 Å². The normalized spacial score (nSPS) is 9.33. The number of anilines is 2. The molecule has 0 spiro atoms. The zero-order valence-electron chi connectivity index (χ0n) is 15.4. The van der Waals surface area contributed by atoms with Crippen LogP contribution in [0.5, 0.6) is 0 Å². The number of benzene rings is 2. The van der Waals surface area contributed by atoms with Crippen molar-refractivity contribution in [2.24, 2.45) is 0 Å². The Balaban J connectivity index is 0.000000483. The first kappa shape index (κ1) is 25.6. The molecule has 7 heteroatoms. The third kappa shape index (κ3) is 9.37. The van der Waals surface area contributed by atoms with Gasteiger partial charge in [0.1, 0.15) is 0 Å². The van der Waals surface area contributed by atoms with Gasteiger partial charge in [-0.25, -0.2) is 0 Å². The topological polar surface area (TPSA) is 58.2 Å². The van der Waals surface area contributed by atoms with Crippen molar-refractivity contribution >= 4 is 48.4 Å². The molecule has 0 fully saturated rings. The molecular formula is C20H24CoN2O2S2. The Bertz CT molecular complexity index is 665. The first-order valence-electron chi connectivity index (χ1n) is 8.47. The molecule has 0 atom stereocenters. The Labute approximate surface area is 182 Å². The SMILES string of the molecule is CCc1ccccc1NC(=O)C[S-].CCc1ccccc1NC(=O)C[S-].[Co+2]. The molecule has 0 saturated heterocycles. The number of para-hydroxylation sites is 2. The molecule has 0 unspecified atom stereocenters. The van der Waals surface area contributed by atoms with Crippen LogP contribution in [0.25, 0.3) is 0 Å². The van der Waals surface area contributed by atoms with E-state index in [-0.39, 0.29) is 40.1 Å². The number of carbonyl (C=O) groups excluding carboxylic acids is 2. The Morgan fingerprint density at radius 3 is 1.37 bits per heavy atom. The molecule has 2 amide bonds. The second kappa shape index (κ2) is 14.6. The molecule has 1 radical (unpaired) electrons. The molecule has 4 nitrogen and oxygen atoms in total. The Morgan fingerprint density at radius 1 is 0.741 bits per heavy atom. The van der Waals surface area contributed by atoms with Crippen LogP contribution in [0.2, 0.25) is 0 Å². The largest absolute Gasteiger partial charge is 2.00 e.